The van der Waals surface area contributed by atoms with Crippen molar-refractivity contribution in [3.05, 3.63) is 76.6 Å². The Hall–Kier alpha value is -4.06. The van der Waals surface area contributed by atoms with Gasteiger partial charge in [-0.15, -0.1) is 0 Å². The van der Waals surface area contributed by atoms with Crippen molar-refractivity contribution in [2.24, 2.45) is 0 Å². The van der Waals surface area contributed by atoms with Crippen LogP contribution >= 0.6 is 0 Å². The summed E-state index contributed by atoms with van der Waals surface area (Å²) < 4.78 is 147. The summed E-state index contributed by atoms with van der Waals surface area (Å²) in [6, 6.07) is 3.79. The third-order valence-corrected chi connectivity index (χ3v) is 8.36. The molecule has 0 radical (unpaired) electrons. The number of carbonyl (C=O) groups is 1. The van der Waals surface area contributed by atoms with E-state index in [1.807, 2.05) is 0 Å². The molecule has 0 N–H and O–H groups in total. The Morgan fingerprint density at radius 2 is 1.35 bits per heavy atom. The second-order valence-corrected chi connectivity index (χ2v) is 12.7. The van der Waals surface area contributed by atoms with Gasteiger partial charge in [0.2, 0.25) is 5.95 Å². The maximum atomic E-state index is 13.9. The third-order valence-electron chi connectivity index (χ3n) is 8.36. The summed E-state index contributed by atoms with van der Waals surface area (Å²) in [5.74, 6) is -0.573. The molecule has 3 aromatic rings. The largest absolute Gasteiger partial charge is 0.495 e. The molecule has 278 valence electrons. The maximum absolute atomic E-state index is 13.9. The number of halogens is 9. The van der Waals surface area contributed by atoms with E-state index in [2.05, 4.69) is 9.97 Å². The minimum Gasteiger partial charge on any atom is -0.490 e. The molecule has 4 rings (SSSR count). The van der Waals surface area contributed by atoms with Crippen LogP contribution in [0.15, 0.2) is 48.8 Å². The SMILES string of the molecule is CCOC(=O)CCCOc1cnc(N(Cc2cc(C(F)(F)F)cc(C(F)(F)F)c2)Cc2cc(C(F)(F)F)ccc2B2OC(C)(C)C(C)(C)O2)nc1. The van der Waals surface area contributed by atoms with E-state index in [0.717, 1.165) is 23.1 Å². The molecule has 1 saturated heterocycles. The molecule has 0 saturated carbocycles. The number of alkyl halides is 9. The van der Waals surface area contributed by atoms with Crippen molar-refractivity contribution in [2.45, 2.75) is 90.3 Å². The van der Waals surface area contributed by atoms with Gasteiger partial charge in [0.25, 0.3) is 0 Å². The van der Waals surface area contributed by atoms with E-state index >= 15 is 0 Å². The van der Waals surface area contributed by atoms with Gasteiger partial charge in [0, 0.05) is 19.5 Å². The van der Waals surface area contributed by atoms with Gasteiger partial charge >= 0.3 is 31.6 Å². The molecule has 0 aliphatic carbocycles. The van der Waals surface area contributed by atoms with Crippen LogP contribution in [0.5, 0.6) is 5.75 Å². The molecule has 0 amide bonds. The Kier molecular flexibility index (Phi) is 11.6. The number of aromatic nitrogens is 2. The molecule has 0 atom stereocenters. The van der Waals surface area contributed by atoms with Crippen molar-refractivity contribution in [3.8, 4) is 5.75 Å². The van der Waals surface area contributed by atoms with Crippen molar-refractivity contribution >= 4 is 24.5 Å². The molecule has 18 heteroatoms. The van der Waals surface area contributed by atoms with Gasteiger partial charge in [0.15, 0.2) is 5.75 Å². The summed E-state index contributed by atoms with van der Waals surface area (Å²) in [5, 5.41) is 0. The molecule has 0 bridgehead atoms. The van der Waals surface area contributed by atoms with E-state index in [1.54, 1.807) is 34.6 Å². The number of esters is 1. The summed E-state index contributed by atoms with van der Waals surface area (Å²) in [4.78, 5) is 21.0. The monoisotopic (exact) mass is 735 g/mol. The van der Waals surface area contributed by atoms with Crippen LogP contribution in [-0.2, 0) is 50.5 Å². The minimum absolute atomic E-state index is 0.0262. The van der Waals surface area contributed by atoms with Gasteiger partial charge in [0.1, 0.15) is 0 Å². The van der Waals surface area contributed by atoms with Crippen molar-refractivity contribution in [3.63, 3.8) is 0 Å². The normalized spacial score (nSPS) is 15.9. The Labute approximate surface area is 288 Å². The van der Waals surface area contributed by atoms with E-state index in [0.29, 0.717) is 12.1 Å². The molecule has 1 fully saturated rings. The number of carbonyl (C=O) groups excluding carboxylic acids is 1. The molecule has 0 unspecified atom stereocenters. The number of nitrogens with zero attached hydrogens (tertiary/aromatic N) is 3. The lowest BCUT2D eigenvalue weighted by Gasteiger charge is -2.32. The Bertz CT molecular complexity index is 1630. The molecule has 0 spiro atoms. The standard InChI is InChI=1S/C33H35BF9N3O5/c1-6-48-27(47)8-7-11-49-25-16-44-28(45-17-25)46(18-20-12-23(32(38,39)40)15-24(13-20)33(41,42)43)19-21-14-22(31(35,36)37)9-10-26(21)34-50-29(2,3)30(4,5)51-34/h9-10,12-17H,6-8,11,18-19H2,1-5H3. The van der Waals surface area contributed by atoms with E-state index in [4.69, 9.17) is 18.8 Å². The summed E-state index contributed by atoms with van der Waals surface area (Å²) in [6.45, 7) is 7.61. The predicted molar refractivity (Wildman–Crippen MR) is 167 cm³/mol. The third kappa shape index (κ3) is 10.1. The van der Waals surface area contributed by atoms with E-state index < -0.39 is 78.2 Å². The Balaban J connectivity index is 1.76. The van der Waals surface area contributed by atoms with Gasteiger partial charge in [-0.2, -0.15) is 39.5 Å². The summed E-state index contributed by atoms with van der Waals surface area (Å²) in [6.07, 6.45) is -12.4. The minimum atomic E-state index is -5.14. The van der Waals surface area contributed by atoms with Gasteiger partial charge in [0.05, 0.1) is 53.5 Å². The highest BCUT2D eigenvalue weighted by molar-refractivity contribution is 6.62. The van der Waals surface area contributed by atoms with Crippen LogP contribution in [0.25, 0.3) is 0 Å². The van der Waals surface area contributed by atoms with Gasteiger partial charge in [-0.3, -0.25) is 4.79 Å². The molecular weight excluding hydrogens is 700 g/mol. The first kappa shape index (κ1) is 39.7. The van der Waals surface area contributed by atoms with Crippen molar-refractivity contribution < 1.29 is 63.1 Å². The molecule has 1 aliphatic rings. The zero-order valence-electron chi connectivity index (χ0n) is 28.2. The first-order chi connectivity index (χ1) is 23.5. The fourth-order valence-electron chi connectivity index (χ4n) is 5.04. The number of benzene rings is 2. The number of hydrogen-bond acceptors (Lipinski definition) is 8. The average molecular weight is 735 g/mol. The molecule has 2 aromatic carbocycles. The van der Waals surface area contributed by atoms with E-state index in [9.17, 15) is 44.3 Å². The lowest BCUT2D eigenvalue weighted by atomic mass is 9.75. The summed E-state index contributed by atoms with van der Waals surface area (Å²) in [5.41, 5.74) is -6.40. The van der Waals surface area contributed by atoms with Crippen LogP contribution in [-0.4, -0.2) is 47.5 Å². The van der Waals surface area contributed by atoms with Crippen LogP contribution < -0.4 is 15.1 Å². The van der Waals surface area contributed by atoms with E-state index in [1.165, 1.54) is 12.4 Å². The smallest absolute Gasteiger partial charge is 0.490 e. The Morgan fingerprint density at radius 3 is 1.86 bits per heavy atom. The van der Waals surface area contributed by atoms with Crippen molar-refractivity contribution in [1.29, 1.82) is 0 Å². The molecule has 51 heavy (non-hydrogen) atoms. The highest BCUT2D eigenvalue weighted by atomic mass is 19.4. The van der Waals surface area contributed by atoms with Crippen molar-refractivity contribution in [1.82, 2.24) is 9.97 Å². The first-order valence-electron chi connectivity index (χ1n) is 15.7. The van der Waals surface area contributed by atoms with Crippen LogP contribution in [0.4, 0.5) is 45.5 Å². The van der Waals surface area contributed by atoms with Gasteiger partial charge in [-0.1, -0.05) is 12.1 Å². The van der Waals surface area contributed by atoms with Crippen LogP contribution in [0.2, 0.25) is 0 Å². The topological polar surface area (TPSA) is 83.0 Å². The second kappa shape index (κ2) is 14.9. The van der Waals surface area contributed by atoms with Crippen LogP contribution in [0.3, 0.4) is 0 Å². The zero-order valence-corrected chi connectivity index (χ0v) is 28.2. The van der Waals surface area contributed by atoms with Gasteiger partial charge < -0.3 is 23.7 Å². The average Bonchev–Trinajstić information content (AvgIpc) is 3.23. The fraction of sp³-hybridized carbons (Fsp3) is 0.485. The first-order valence-corrected chi connectivity index (χ1v) is 15.7. The van der Waals surface area contributed by atoms with Crippen molar-refractivity contribution in [2.75, 3.05) is 18.1 Å². The summed E-state index contributed by atoms with van der Waals surface area (Å²) >= 11 is 0. The maximum Gasteiger partial charge on any atom is 0.495 e. The number of hydrogen-bond donors (Lipinski definition) is 0. The molecule has 8 nitrogen and oxygen atoms in total. The number of rotatable bonds is 12. The summed E-state index contributed by atoms with van der Waals surface area (Å²) in [7, 11) is -1.18. The highest BCUT2D eigenvalue weighted by Crippen LogP contribution is 2.39. The lowest BCUT2D eigenvalue weighted by molar-refractivity contribution is -0.144. The predicted octanol–water partition coefficient (Wildman–Crippen LogP) is 7.76. The van der Waals surface area contributed by atoms with E-state index in [-0.39, 0.29) is 54.8 Å². The van der Waals surface area contributed by atoms with Crippen LogP contribution in [0, 0.1) is 0 Å². The lowest BCUT2D eigenvalue weighted by Crippen LogP contribution is -2.41. The molecular formula is C33H35BF9N3O5. The Morgan fingerprint density at radius 1 is 0.804 bits per heavy atom. The number of ether oxygens (including phenoxy) is 2. The van der Waals surface area contributed by atoms with Gasteiger partial charge in [-0.05, 0) is 81.9 Å². The van der Waals surface area contributed by atoms with Gasteiger partial charge in [-0.25, -0.2) is 9.97 Å². The quantitative estimate of drug-likeness (QED) is 0.0809. The molecule has 2 heterocycles. The van der Waals surface area contributed by atoms with Crippen LogP contribution in [0.1, 0.15) is 75.3 Å². The highest BCUT2D eigenvalue weighted by Gasteiger charge is 2.52. The number of anilines is 1. The molecule has 1 aromatic heterocycles. The molecule has 1 aliphatic heterocycles. The fourth-order valence-corrected chi connectivity index (χ4v) is 5.04. The zero-order chi connectivity index (χ0) is 38.0. The second-order valence-electron chi connectivity index (χ2n) is 12.7.